The fraction of sp³-hybridized carbons (Fsp3) is 0.200. The lowest BCUT2D eigenvalue weighted by Gasteiger charge is -2.13. The molecule has 0 saturated carbocycles. The van der Waals surface area contributed by atoms with Gasteiger partial charge in [0.05, 0.1) is 6.61 Å². The average Bonchev–Trinajstić information content (AvgIpc) is 2.41. The maximum absolute atomic E-state index is 13.5. The molecule has 2 nitrogen and oxygen atoms in total. The fourth-order valence-electron chi connectivity index (χ4n) is 1.85. The number of aliphatic hydroxyl groups excluding tert-OH is 1. The van der Waals surface area contributed by atoms with E-state index in [9.17, 15) is 13.9 Å². The van der Waals surface area contributed by atoms with E-state index < -0.39 is 11.6 Å². The van der Waals surface area contributed by atoms with E-state index in [0.29, 0.717) is 11.3 Å². The van der Waals surface area contributed by atoms with Crippen molar-refractivity contribution in [1.82, 2.24) is 0 Å². The molecule has 0 heterocycles. The van der Waals surface area contributed by atoms with E-state index >= 15 is 0 Å². The molecule has 0 aliphatic rings. The van der Waals surface area contributed by atoms with Crippen LogP contribution in [0.3, 0.4) is 0 Å². The van der Waals surface area contributed by atoms with Gasteiger partial charge in [-0.05, 0) is 18.6 Å². The van der Waals surface area contributed by atoms with Crippen molar-refractivity contribution in [1.29, 1.82) is 0 Å². The van der Waals surface area contributed by atoms with Gasteiger partial charge >= 0.3 is 0 Å². The molecule has 0 unspecified atom stereocenters. The van der Waals surface area contributed by atoms with Gasteiger partial charge in [-0.1, -0.05) is 30.3 Å². The number of rotatable bonds is 4. The van der Waals surface area contributed by atoms with Crippen molar-refractivity contribution in [3.05, 3.63) is 64.7 Å². The lowest BCUT2D eigenvalue weighted by molar-refractivity contribution is 0.255. The second-order valence-electron chi connectivity index (χ2n) is 4.22. The molecule has 2 aromatic rings. The molecular formula is C15H14F2O2. The first-order valence-electron chi connectivity index (χ1n) is 5.88. The molecule has 0 aliphatic carbocycles. The summed E-state index contributed by atoms with van der Waals surface area (Å²) in [5.74, 6) is -1.29. The molecule has 100 valence electrons. The Morgan fingerprint density at radius 2 is 1.74 bits per heavy atom. The molecular weight excluding hydrogens is 250 g/mol. The van der Waals surface area contributed by atoms with Crippen LogP contribution < -0.4 is 4.74 Å². The summed E-state index contributed by atoms with van der Waals surface area (Å²) in [4.78, 5) is 0. The van der Waals surface area contributed by atoms with Crippen molar-refractivity contribution in [2.45, 2.75) is 20.1 Å². The van der Waals surface area contributed by atoms with Crippen LogP contribution in [0.1, 0.15) is 16.7 Å². The predicted octanol–water partition coefficient (Wildman–Crippen LogP) is 3.34. The highest BCUT2D eigenvalue weighted by molar-refractivity contribution is 5.40. The highest BCUT2D eigenvalue weighted by Crippen LogP contribution is 2.25. The first-order valence-corrected chi connectivity index (χ1v) is 5.88. The number of para-hydroxylation sites is 1. The molecule has 1 N–H and O–H groups in total. The van der Waals surface area contributed by atoms with E-state index in [2.05, 4.69) is 0 Å². The third-order valence-electron chi connectivity index (χ3n) is 2.87. The van der Waals surface area contributed by atoms with Crippen molar-refractivity contribution in [2.75, 3.05) is 0 Å². The minimum atomic E-state index is -0.901. The second-order valence-corrected chi connectivity index (χ2v) is 4.22. The van der Waals surface area contributed by atoms with Crippen LogP contribution in [0.25, 0.3) is 0 Å². The topological polar surface area (TPSA) is 29.5 Å². The average molecular weight is 264 g/mol. The summed E-state index contributed by atoms with van der Waals surface area (Å²) in [6.45, 7) is 1.58. The van der Waals surface area contributed by atoms with Gasteiger partial charge in [0.1, 0.15) is 12.4 Å². The molecule has 0 amide bonds. The Hall–Kier alpha value is -1.94. The number of hydrogen-bond donors (Lipinski definition) is 1. The number of ether oxygens (including phenoxy) is 1. The summed E-state index contributed by atoms with van der Waals surface area (Å²) in [5, 5.41) is 9.22. The van der Waals surface area contributed by atoms with E-state index in [0.717, 1.165) is 11.6 Å². The molecule has 0 aliphatic heterocycles. The Balaban J connectivity index is 2.21. The lowest BCUT2D eigenvalue weighted by Crippen LogP contribution is -2.03. The van der Waals surface area contributed by atoms with E-state index in [1.54, 1.807) is 12.1 Å². The molecule has 0 aromatic heterocycles. The van der Waals surface area contributed by atoms with Crippen molar-refractivity contribution < 1.29 is 18.6 Å². The summed E-state index contributed by atoms with van der Waals surface area (Å²) in [6, 6.07) is 9.32. The first kappa shape index (κ1) is 13.5. The Labute approximate surface area is 110 Å². The number of aryl methyl sites for hydroxylation is 1. The van der Waals surface area contributed by atoms with Gasteiger partial charge in [0.2, 0.25) is 0 Å². The normalized spacial score (nSPS) is 10.5. The first-order chi connectivity index (χ1) is 9.13. The number of halogens is 2. The van der Waals surface area contributed by atoms with Crippen LogP contribution in [0.2, 0.25) is 0 Å². The van der Waals surface area contributed by atoms with Gasteiger partial charge in [-0.25, -0.2) is 8.78 Å². The molecule has 0 atom stereocenters. The van der Waals surface area contributed by atoms with Crippen molar-refractivity contribution in [3.63, 3.8) is 0 Å². The van der Waals surface area contributed by atoms with Crippen LogP contribution in [0.5, 0.6) is 5.75 Å². The van der Waals surface area contributed by atoms with E-state index in [1.165, 1.54) is 12.1 Å². The molecule has 19 heavy (non-hydrogen) atoms. The third-order valence-corrected chi connectivity index (χ3v) is 2.87. The predicted molar refractivity (Wildman–Crippen MR) is 67.8 cm³/mol. The SMILES string of the molecule is Cc1cccc(CO)c1OCc1cccc(F)c1F. The maximum atomic E-state index is 13.5. The highest BCUT2D eigenvalue weighted by atomic mass is 19.2. The Bertz CT molecular complexity index is 582. The summed E-state index contributed by atoms with van der Waals surface area (Å²) in [7, 11) is 0. The fourth-order valence-corrected chi connectivity index (χ4v) is 1.85. The summed E-state index contributed by atoms with van der Waals surface area (Å²) >= 11 is 0. The van der Waals surface area contributed by atoms with E-state index in [4.69, 9.17) is 4.74 Å². The number of aliphatic hydroxyl groups is 1. The van der Waals surface area contributed by atoms with Crippen LogP contribution in [-0.4, -0.2) is 5.11 Å². The summed E-state index contributed by atoms with van der Waals surface area (Å²) in [5.41, 5.74) is 1.60. The summed E-state index contributed by atoms with van der Waals surface area (Å²) < 4.78 is 32.1. The minimum absolute atomic E-state index is 0.0819. The van der Waals surface area contributed by atoms with Crippen LogP contribution in [0.15, 0.2) is 36.4 Å². The zero-order valence-electron chi connectivity index (χ0n) is 10.5. The quantitative estimate of drug-likeness (QED) is 0.917. The van der Waals surface area contributed by atoms with Gasteiger partial charge in [0.25, 0.3) is 0 Å². The van der Waals surface area contributed by atoms with E-state index in [-0.39, 0.29) is 18.8 Å². The van der Waals surface area contributed by atoms with Gasteiger partial charge < -0.3 is 9.84 Å². The van der Waals surface area contributed by atoms with Gasteiger partial charge in [-0.2, -0.15) is 0 Å². The molecule has 4 heteroatoms. The Morgan fingerprint density at radius 3 is 2.47 bits per heavy atom. The van der Waals surface area contributed by atoms with Gasteiger partial charge in [0.15, 0.2) is 11.6 Å². The van der Waals surface area contributed by atoms with Crippen LogP contribution in [0, 0.1) is 18.6 Å². The lowest BCUT2D eigenvalue weighted by atomic mass is 10.1. The van der Waals surface area contributed by atoms with Crippen molar-refractivity contribution in [2.24, 2.45) is 0 Å². The molecule has 0 fully saturated rings. The van der Waals surface area contributed by atoms with Crippen molar-refractivity contribution in [3.8, 4) is 5.75 Å². The van der Waals surface area contributed by atoms with Gasteiger partial charge in [0, 0.05) is 11.1 Å². The van der Waals surface area contributed by atoms with Gasteiger partial charge in [-0.3, -0.25) is 0 Å². The van der Waals surface area contributed by atoms with Crippen LogP contribution >= 0.6 is 0 Å². The van der Waals surface area contributed by atoms with Crippen molar-refractivity contribution >= 4 is 0 Å². The largest absolute Gasteiger partial charge is 0.488 e. The Kier molecular flexibility index (Phi) is 4.12. The van der Waals surface area contributed by atoms with E-state index in [1.807, 2.05) is 13.0 Å². The zero-order valence-corrected chi connectivity index (χ0v) is 10.5. The molecule has 0 radical (unpaired) electrons. The molecule has 0 saturated heterocycles. The second kappa shape index (κ2) is 5.80. The standard InChI is InChI=1S/C15H14F2O2/c1-10-4-2-5-11(8-18)15(10)19-9-12-6-3-7-13(16)14(12)17/h2-7,18H,8-9H2,1H3. The smallest absolute Gasteiger partial charge is 0.165 e. The van der Waals surface area contributed by atoms with Crippen LogP contribution in [-0.2, 0) is 13.2 Å². The molecule has 2 aromatic carbocycles. The maximum Gasteiger partial charge on any atom is 0.165 e. The zero-order chi connectivity index (χ0) is 13.8. The minimum Gasteiger partial charge on any atom is -0.488 e. The molecule has 0 spiro atoms. The monoisotopic (exact) mass is 264 g/mol. The van der Waals surface area contributed by atoms with Gasteiger partial charge in [-0.15, -0.1) is 0 Å². The Morgan fingerprint density at radius 1 is 1.05 bits per heavy atom. The third kappa shape index (κ3) is 2.90. The highest BCUT2D eigenvalue weighted by Gasteiger charge is 2.10. The molecule has 2 rings (SSSR count). The number of benzene rings is 2. The summed E-state index contributed by atoms with van der Waals surface area (Å²) in [6.07, 6.45) is 0. The van der Waals surface area contributed by atoms with Crippen LogP contribution in [0.4, 0.5) is 8.78 Å². The number of hydrogen-bond acceptors (Lipinski definition) is 2. The molecule has 0 bridgehead atoms.